The average Bonchev–Trinajstić information content (AvgIpc) is 2.13. The summed E-state index contributed by atoms with van der Waals surface area (Å²) in [5.41, 5.74) is 5.61. The highest BCUT2D eigenvalue weighted by Crippen LogP contribution is 2.10. The van der Waals surface area contributed by atoms with Gasteiger partial charge in [0.2, 0.25) is 0 Å². The number of hydrogen-bond acceptors (Lipinski definition) is 3. The van der Waals surface area contributed by atoms with Gasteiger partial charge in [0.05, 0.1) is 6.10 Å². The molecule has 1 saturated heterocycles. The first-order chi connectivity index (χ1) is 4.61. The number of β-amino-alcohol motifs (C(OH)–C–C–N with tert-alkyl or cyclic N) is 1. The van der Waals surface area contributed by atoms with Crippen LogP contribution in [0.15, 0.2) is 0 Å². The van der Waals surface area contributed by atoms with Gasteiger partial charge in [0.15, 0.2) is 0 Å². The van der Waals surface area contributed by atoms with Crippen molar-refractivity contribution >= 4 is 24.8 Å². The quantitative estimate of drug-likeness (QED) is 0.661. The van der Waals surface area contributed by atoms with Crippen LogP contribution in [0.2, 0.25) is 0 Å². The van der Waals surface area contributed by atoms with Crippen LogP contribution in [0.1, 0.15) is 13.8 Å². The average molecular weight is 217 g/mol. The zero-order valence-corrected chi connectivity index (χ0v) is 9.07. The fourth-order valence-corrected chi connectivity index (χ4v) is 1.26. The molecule has 3 nitrogen and oxygen atoms in total. The number of aliphatic hydroxyl groups is 1. The molecule has 12 heavy (non-hydrogen) atoms. The molecule has 76 valence electrons. The minimum absolute atomic E-state index is 0. The Morgan fingerprint density at radius 3 is 2.00 bits per heavy atom. The zero-order valence-electron chi connectivity index (χ0n) is 7.43. The molecule has 1 heterocycles. The summed E-state index contributed by atoms with van der Waals surface area (Å²) >= 11 is 0. The lowest BCUT2D eigenvalue weighted by Crippen LogP contribution is -2.33. The van der Waals surface area contributed by atoms with Crippen molar-refractivity contribution in [1.29, 1.82) is 0 Å². The summed E-state index contributed by atoms with van der Waals surface area (Å²) in [4.78, 5) is 2.19. The Kier molecular flexibility index (Phi) is 7.47. The maximum atomic E-state index is 9.25. The van der Waals surface area contributed by atoms with Crippen molar-refractivity contribution in [3.8, 4) is 0 Å². The first kappa shape index (κ1) is 15.0. The van der Waals surface area contributed by atoms with E-state index in [1.807, 2.05) is 0 Å². The molecule has 3 N–H and O–H groups in total. The van der Waals surface area contributed by atoms with Gasteiger partial charge in [0.1, 0.15) is 0 Å². The van der Waals surface area contributed by atoms with Gasteiger partial charge in [-0.05, 0) is 13.8 Å². The Morgan fingerprint density at radius 1 is 1.33 bits per heavy atom. The fourth-order valence-electron chi connectivity index (χ4n) is 1.26. The van der Waals surface area contributed by atoms with Gasteiger partial charge in [-0.2, -0.15) is 0 Å². The maximum Gasteiger partial charge on any atom is 0.0830 e. The van der Waals surface area contributed by atoms with Crippen LogP contribution in [-0.4, -0.2) is 41.3 Å². The van der Waals surface area contributed by atoms with Crippen molar-refractivity contribution in [2.45, 2.75) is 32.0 Å². The largest absolute Gasteiger partial charge is 0.390 e. The molecule has 0 aromatic heterocycles. The van der Waals surface area contributed by atoms with Crippen LogP contribution in [0.25, 0.3) is 0 Å². The number of hydrogen-bond donors (Lipinski definition) is 2. The molecule has 0 aromatic rings. The van der Waals surface area contributed by atoms with Gasteiger partial charge in [-0.15, -0.1) is 24.8 Å². The predicted molar refractivity (Wildman–Crippen MR) is 55.2 cm³/mol. The van der Waals surface area contributed by atoms with Gasteiger partial charge in [-0.25, -0.2) is 0 Å². The van der Waals surface area contributed by atoms with Gasteiger partial charge in [-0.3, -0.25) is 4.90 Å². The Labute approximate surface area is 86.1 Å². The van der Waals surface area contributed by atoms with E-state index in [2.05, 4.69) is 18.7 Å². The molecular weight excluding hydrogens is 199 g/mol. The molecular formula is C7H18Cl2N2O. The van der Waals surface area contributed by atoms with Gasteiger partial charge < -0.3 is 10.8 Å². The van der Waals surface area contributed by atoms with Gasteiger partial charge in [0.25, 0.3) is 0 Å². The summed E-state index contributed by atoms with van der Waals surface area (Å²) in [5, 5.41) is 9.25. The number of nitrogens with zero attached hydrogens (tertiary/aromatic N) is 1. The highest BCUT2D eigenvalue weighted by molar-refractivity contribution is 5.85. The summed E-state index contributed by atoms with van der Waals surface area (Å²) in [6.45, 7) is 5.80. The first-order valence-electron chi connectivity index (χ1n) is 3.79. The second-order valence-corrected chi connectivity index (χ2v) is 3.28. The summed E-state index contributed by atoms with van der Waals surface area (Å²) in [6.07, 6.45) is -0.317. The fraction of sp³-hybridized carbons (Fsp3) is 1.00. The number of halogens is 2. The molecule has 1 fully saturated rings. The molecule has 1 aliphatic rings. The molecule has 2 unspecified atom stereocenters. The summed E-state index contributed by atoms with van der Waals surface area (Å²) in [7, 11) is 0. The number of rotatable bonds is 1. The van der Waals surface area contributed by atoms with Crippen molar-refractivity contribution < 1.29 is 5.11 Å². The SMILES string of the molecule is CC(C)N1CC(N)C(O)C1.Cl.Cl. The second kappa shape index (κ2) is 6.00. The van der Waals surface area contributed by atoms with Crippen LogP contribution in [0.4, 0.5) is 0 Å². The van der Waals surface area contributed by atoms with E-state index in [4.69, 9.17) is 5.73 Å². The predicted octanol–water partition coefficient (Wildman–Crippen LogP) is 0.242. The standard InChI is InChI=1S/C7H16N2O.2ClH/c1-5(2)9-3-6(8)7(10)4-9;;/h5-7,10H,3-4,8H2,1-2H3;2*1H. The van der Waals surface area contributed by atoms with Crippen LogP contribution >= 0.6 is 24.8 Å². The highest BCUT2D eigenvalue weighted by Gasteiger charge is 2.29. The minimum atomic E-state index is -0.317. The molecule has 0 spiro atoms. The first-order valence-corrected chi connectivity index (χ1v) is 3.79. The van der Waals surface area contributed by atoms with E-state index in [-0.39, 0.29) is 37.0 Å². The van der Waals surface area contributed by atoms with E-state index in [9.17, 15) is 5.11 Å². The van der Waals surface area contributed by atoms with E-state index < -0.39 is 0 Å². The molecule has 0 aromatic carbocycles. The smallest absolute Gasteiger partial charge is 0.0830 e. The Bertz CT molecular complexity index is 114. The lowest BCUT2D eigenvalue weighted by molar-refractivity contribution is 0.158. The van der Waals surface area contributed by atoms with Crippen molar-refractivity contribution in [1.82, 2.24) is 4.90 Å². The van der Waals surface area contributed by atoms with Crippen LogP contribution in [0.5, 0.6) is 0 Å². The van der Waals surface area contributed by atoms with E-state index in [1.54, 1.807) is 0 Å². The summed E-state index contributed by atoms with van der Waals surface area (Å²) in [5.74, 6) is 0. The van der Waals surface area contributed by atoms with Crippen LogP contribution in [-0.2, 0) is 0 Å². The van der Waals surface area contributed by atoms with E-state index in [0.717, 1.165) is 13.1 Å². The maximum absolute atomic E-state index is 9.25. The summed E-state index contributed by atoms with van der Waals surface area (Å²) < 4.78 is 0. The number of aliphatic hydroxyl groups excluding tert-OH is 1. The summed E-state index contributed by atoms with van der Waals surface area (Å²) in [6, 6.07) is 0.464. The molecule has 1 aliphatic heterocycles. The Hall–Kier alpha value is 0.460. The van der Waals surface area contributed by atoms with E-state index in [1.165, 1.54) is 0 Å². The van der Waals surface area contributed by atoms with Crippen LogP contribution in [0.3, 0.4) is 0 Å². The third kappa shape index (κ3) is 3.46. The van der Waals surface area contributed by atoms with E-state index >= 15 is 0 Å². The van der Waals surface area contributed by atoms with Crippen LogP contribution < -0.4 is 5.73 Å². The molecule has 1 rings (SSSR count). The Balaban J connectivity index is 0. The lowest BCUT2D eigenvalue weighted by Gasteiger charge is -2.18. The normalized spacial score (nSPS) is 29.8. The molecule has 0 saturated carbocycles. The molecule has 0 bridgehead atoms. The topological polar surface area (TPSA) is 49.5 Å². The number of likely N-dealkylation sites (tertiary alicyclic amines) is 1. The molecule has 0 amide bonds. The number of nitrogens with two attached hydrogens (primary N) is 1. The third-order valence-corrected chi connectivity index (χ3v) is 2.09. The van der Waals surface area contributed by atoms with Gasteiger partial charge in [0, 0.05) is 25.2 Å². The van der Waals surface area contributed by atoms with Crippen molar-refractivity contribution in [3.63, 3.8) is 0 Å². The molecule has 2 atom stereocenters. The second-order valence-electron chi connectivity index (χ2n) is 3.28. The van der Waals surface area contributed by atoms with E-state index in [0.29, 0.717) is 6.04 Å². The zero-order chi connectivity index (χ0) is 7.72. The Morgan fingerprint density at radius 2 is 1.83 bits per heavy atom. The minimum Gasteiger partial charge on any atom is -0.390 e. The van der Waals surface area contributed by atoms with Gasteiger partial charge >= 0.3 is 0 Å². The van der Waals surface area contributed by atoms with Crippen molar-refractivity contribution in [2.24, 2.45) is 5.73 Å². The monoisotopic (exact) mass is 216 g/mol. The third-order valence-electron chi connectivity index (χ3n) is 2.09. The lowest BCUT2D eigenvalue weighted by atomic mass is 10.2. The molecule has 0 aliphatic carbocycles. The van der Waals surface area contributed by atoms with Crippen LogP contribution in [0, 0.1) is 0 Å². The molecule has 5 heteroatoms. The highest BCUT2D eigenvalue weighted by atomic mass is 35.5. The molecule has 0 radical (unpaired) electrons. The van der Waals surface area contributed by atoms with Gasteiger partial charge in [-0.1, -0.05) is 0 Å². The van der Waals surface area contributed by atoms with Crippen molar-refractivity contribution in [3.05, 3.63) is 0 Å². The van der Waals surface area contributed by atoms with Crippen molar-refractivity contribution in [2.75, 3.05) is 13.1 Å².